The highest BCUT2D eigenvalue weighted by atomic mass is 35.5. The molecule has 2 aromatic carbocycles. The van der Waals surface area contributed by atoms with E-state index in [4.69, 9.17) is 39.5 Å². The minimum Gasteiger partial charge on any atom is -0.484 e. The van der Waals surface area contributed by atoms with Gasteiger partial charge < -0.3 is 15.4 Å². The molecule has 0 aromatic heterocycles. The lowest BCUT2D eigenvalue weighted by Crippen LogP contribution is -2.20. The van der Waals surface area contributed by atoms with E-state index in [9.17, 15) is 9.59 Å². The van der Waals surface area contributed by atoms with Crippen LogP contribution in [0.3, 0.4) is 0 Å². The summed E-state index contributed by atoms with van der Waals surface area (Å²) in [7, 11) is 0. The fraction of sp³-hybridized carbons (Fsp3) is 0.125. The molecular weight excluding hydrogens is 375 g/mol. The summed E-state index contributed by atoms with van der Waals surface area (Å²) in [6.07, 6.45) is 0. The molecule has 0 aliphatic rings. The maximum atomic E-state index is 11.9. The van der Waals surface area contributed by atoms with Crippen molar-refractivity contribution in [3.8, 4) is 5.75 Å². The van der Waals surface area contributed by atoms with Crippen molar-refractivity contribution in [1.29, 1.82) is 0 Å². The van der Waals surface area contributed by atoms with Crippen molar-refractivity contribution in [3.63, 3.8) is 0 Å². The van der Waals surface area contributed by atoms with Crippen LogP contribution in [0.4, 0.5) is 11.4 Å². The molecule has 2 amide bonds. The second-order valence-corrected chi connectivity index (χ2v) is 6.01. The number of anilines is 2. The summed E-state index contributed by atoms with van der Waals surface area (Å²) in [5, 5.41) is 6.28. The number of rotatable bonds is 5. The first-order valence-electron chi connectivity index (χ1n) is 6.80. The van der Waals surface area contributed by atoms with E-state index in [0.717, 1.165) is 0 Å². The third kappa shape index (κ3) is 5.30. The van der Waals surface area contributed by atoms with Gasteiger partial charge in [0, 0.05) is 18.7 Å². The van der Waals surface area contributed by atoms with Crippen molar-refractivity contribution >= 4 is 58.0 Å². The van der Waals surface area contributed by atoms with Gasteiger partial charge in [-0.3, -0.25) is 9.59 Å². The number of halogens is 3. The summed E-state index contributed by atoms with van der Waals surface area (Å²) in [4.78, 5) is 22.9. The van der Waals surface area contributed by atoms with Gasteiger partial charge in [0.25, 0.3) is 5.91 Å². The van der Waals surface area contributed by atoms with Crippen LogP contribution >= 0.6 is 34.8 Å². The number of amides is 2. The standard InChI is InChI=1S/C16H13Cl3N2O3/c1-9(22)20-15-5-2-10(6-14(15)19)21-16(23)8-24-11-3-4-12(17)13(18)7-11/h2-7H,8H2,1H3,(H,20,22)(H,21,23). The molecule has 0 aliphatic heterocycles. The Morgan fingerprint density at radius 2 is 1.71 bits per heavy atom. The van der Waals surface area contributed by atoms with E-state index >= 15 is 0 Å². The lowest BCUT2D eigenvalue weighted by atomic mass is 10.2. The molecule has 0 unspecified atom stereocenters. The van der Waals surface area contributed by atoms with E-state index in [1.165, 1.54) is 19.1 Å². The fourth-order valence-corrected chi connectivity index (χ4v) is 2.31. The fourth-order valence-electron chi connectivity index (χ4n) is 1.80. The summed E-state index contributed by atoms with van der Waals surface area (Å²) < 4.78 is 5.34. The zero-order chi connectivity index (χ0) is 17.7. The van der Waals surface area contributed by atoms with E-state index in [-0.39, 0.29) is 18.4 Å². The molecule has 2 N–H and O–H groups in total. The highest BCUT2D eigenvalue weighted by Crippen LogP contribution is 2.27. The van der Waals surface area contributed by atoms with Crippen LogP contribution in [0.5, 0.6) is 5.75 Å². The summed E-state index contributed by atoms with van der Waals surface area (Å²) in [5.41, 5.74) is 0.950. The highest BCUT2D eigenvalue weighted by Gasteiger charge is 2.08. The topological polar surface area (TPSA) is 67.4 Å². The van der Waals surface area contributed by atoms with Gasteiger partial charge in [0.15, 0.2) is 6.61 Å². The molecule has 0 atom stereocenters. The van der Waals surface area contributed by atoms with Gasteiger partial charge >= 0.3 is 0 Å². The normalized spacial score (nSPS) is 10.2. The zero-order valence-corrected chi connectivity index (χ0v) is 14.8. The second-order valence-electron chi connectivity index (χ2n) is 4.79. The summed E-state index contributed by atoms with van der Waals surface area (Å²) in [5.74, 6) is -0.174. The maximum Gasteiger partial charge on any atom is 0.262 e. The Hall–Kier alpha value is -1.95. The molecule has 0 heterocycles. The van der Waals surface area contributed by atoms with Gasteiger partial charge in [-0.05, 0) is 30.3 Å². The average molecular weight is 388 g/mol. The molecule has 0 fully saturated rings. The minimum atomic E-state index is -0.371. The third-order valence-electron chi connectivity index (χ3n) is 2.82. The van der Waals surface area contributed by atoms with Crippen molar-refractivity contribution in [2.45, 2.75) is 6.92 Å². The Morgan fingerprint density at radius 1 is 0.958 bits per heavy atom. The quantitative estimate of drug-likeness (QED) is 0.786. The number of hydrogen-bond donors (Lipinski definition) is 2. The predicted molar refractivity (Wildman–Crippen MR) is 96.3 cm³/mol. The van der Waals surface area contributed by atoms with E-state index in [1.807, 2.05) is 0 Å². The van der Waals surface area contributed by atoms with Gasteiger partial charge in [-0.2, -0.15) is 0 Å². The lowest BCUT2D eigenvalue weighted by Gasteiger charge is -2.10. The highest BCUT2D eigenvalue weighted by molar-refractivity contribution is 6.42. The summed E-state index contributed by atoms with van der Waals surface area (Å²) in [6.45, 7) is 1.18. The molecule has 2 aromatic rings. The Bertz CT molecular complexity index is 781. The first-order chi connectivity index (χ1) is 11.3. The van der Waals surface area contributed by atoms with Crippen LogP contribution in [0, 0.1) is 0 Å². The molecule has 126 valence electrons. The van der Waals surface area contributed by atoms with Crippen molar-refractivity contribution in [2.75, 3.05) is 17.2 Å². The minimum absolute atomic E-state index is 0.205. The van der Waals surface area contributed by atoms with Gasteiger partial charge in [-0.15, -0.1) is 0 Å². The maximum absolute atomic E-state index is 11.9. The zero-order valence-electron chi connectivity index (χ0n) is 12.5. The summed E-state index contributed by atoms with van der Waals surface area (Å²) >= 11 is 17.7. The Kier molecular flexibility index (Phi) is 6.31. The molecule has 5 nitrogen and oxygen atoms in total. The van der Waals surface area contributed by atoms with Crippen LogP contribution in [0.25, 0.3) is 0 Å². The van der Waals surface area contributed by atoms with Crippen LogP contribution in [0.2, 0.25) is 15.1 Å². The van der Waals surface area contributed by atoms with Crippen LogP contribution in [0.15, 0.2) is 36.4 Å². The van der Waals surface area contributed by atoms with Gasteiger partial charge in [0.1, 0.15) is 5.75 Å². The lowest BCUT2D eigenvalue weighted by molar-refractivity contribution is -0.118. The molecule has 8 heteroatoms. The molecule has 0 spiro atoms. The monoisotopic (exact) mass is 386 g/mol. The number of hydrogen-bond acceptors (Lipinski definition) is 3. The first kappa shape index (κ1) is 18.4. The van der Waals surface area contributed by atoms with Crippen LogP contribution < -0.4 is 15.4 Å². The summed E-state index contributed by atoms with van der Waals surface area (Å²) in [6, 6.07) is 9.46. The molecule has 0 radical (unpaired) electrons. The largest absolute Gasteiger partial charge is 0.484 e. The number of nitrogens with one attached hydrogen (secondary N) is 2. The molecule has 0 saturated heterocycles. The Labute approximate surface area is 153 Å². The Morgan fingerprint density at radius 3 is 2.33 bits per heavy atom. The molecule has 24 heavy (non-hydrogen) atoms. The smallest absolute Gasteiger partial charge is 0.262 e. The van der Waals surface area contributed by atoms with Crippen molar-refractivity contribution in [2.24, 2.45) is 0 Å². The van der Waals surface area contributed by atoms with E-state index in [1.54, 1.807) is 24.3 Å². The van der Waals surface area contributed by atoms with Gasteiger partial charge in [0.2, 0.25) is 5.91 Å². The van der Waals surface area contributed by atoms with E-state index < -0.39 is 0 Å². The number of ether oxygens (including phenoxy) is 1. The number of benzene rings is 2. The number of carbonyl (C=O) groups excluding carboxylic acids is 2. The van der Waals surface area contributed by atoms with Gasteiger partial charge in [-0.1, -0.05) is 34.8 Å². The van der Waals surface area contributed by atoms with Gasteiger partial charge in [0.05, 0.1) is 20.8 Å². The third-order valence-corrected chi connectivity index (χ3v) is 3.88. The van der Waals surface area contributed by atoms with E-state index in [2.05, 4.69) is 10.6 Å². The van der Waals surface area contributed by atoms with Crippen molar-refractivity contribution in [1.82, 2.24) is 0 Å². The molecule has 0 aliphatic carbocycles. The van der Waals surface area contributed by atoms with Crippen LogP contribution in [-0.4, -0.2) is 18.4 Å². The second kappa shape index (κ2) is 8.24. The first-order valence-corrected chi connectivity index (χ1v) is 7.93. The van der Waals surface area contributed by atoms with E-state index in [0.29, 0.717) is 32.2 Å². The van der Waals surface area contributed by atoms with Crippen LogP contribution in [-0.2, 0) is 9.59 Å². The van der Waals surface area contributed by atoms with Crippen molar-refractivity contribution in [3.05, 3.63) is 51.5 Å². The number of carbonyl (C=O) groups is 2. The molecule has 2 rings (SSSR count). The SMILES string of the molecule is CC(=O)Nc1ccc(NC(=O)COc2ccc(Cl)c(Cl)c2)cc1Cl. The molecule has 0 bridgehead atoms. The van der Waals surface area contributed by atoms with Crippen LogP contribution in [0.1, 0.15) is 6.92 Å². The average Bonchev–Trinajstić information content (AvgIpc) is 2.51. The van der Waals surface area contributed by atoms with Crippen molar-refractivity contribution < 1.29 is 14.3 Å². The predicted octanol–water partition coefficient (Wildman–Crippen LogP) is 4.62. The molecule has 0 saturated carbocycles. The molecular formula is C16H13Cl3N2O3. The van der Waals surface area contributed by atoms with Gasteiger partial charge in [-0.25, -0.2) is 0 Å². The Balaban J connectivity index is 1.93.